The standard InChI is InChI=1S/C16H25N5/c1-7-8-17-13-12(3)14(21-10-11(2)9-18-21)20-15(19-13)16(4,5)6/h9-10H,7-8H2,1-6H3,(H,17,19,20). The van der Waals surface area contributed by atoms with Crippen LogP contribution in [0.1, 0.15) is 51.1 Å². The Morgan fingerprint density at radius 3 is 2.43 bits per heavy atom. The molecule has 114 valence electrons. The summed E-state index contributed by atoms with van der Waals surface area (Å²) in [4.78, 5) is 9.46. The largest absolute Gasteiger partial charge is 0.370 e. The van der Waals surface area contributed by atoms with Gasteiger partial charge in [-0.05, 0) is 25.8 Å². The van der Waals surface area contributed by atoms with Crippen LogP contribution in [0.2, 0.25) is 0 Å². The van der Waals surface area contributed by atoms with Gasteiger partial charge in [-0.1, -0.05) is 27.7 Å². The van der Waals surface area contributed by atoms with Crippen LogP contribution < -0.4 is 5.32 Å². The first-order valence-electron chi connectivity index (χ1n) is 7.47. The molecule has 0 aliphatic rings. The summed E-state index contributed by atoms with van der Waals surface area (Å²) in [6, 6.07) is 0. The summed E-state index contributed by atoms with van der Waals surface area (Å²) in [5.41, 5.74) is 2.04. The van der Waals surface area contributed by atoms with Gasteiger partial charge < -0.3 is 5.32 Å². The number of hydrogen-bond donors (Lipinski definition) is 1. The molecule has 0 saturated carbocycles. The Bertz CT molecular complexity index is 622. The minimum absolute atomic E-state index is 0.104. The zero-order valence-corrected chi connectivity index (χ0v) is 13.9. The summed E-state index contributed by atoms with van der Waals surface area (Å²) in [6.07, 6.45) is 4.90. The first-order chi connectivity index (χ1) is 9.82. The predicted molar refractivity (Wildman–Crippen MR) is 86.1 cm³/mol. The Morgan fingerprint density at radius 1 is 1.19 bits per heavy atom. The molecule has 21 heavy (non-hydrogen) atoms. The number of rotatable bonds is 4. The third-order valence-electron chi connectivity index (χ3n) is 3.26. The van der Waals surface area contributed by atoms with Crippen LogP contribution in [-0.2, 0) is 5.41 Å². The van der Waals surface area contributed by atoms with E-state index in [9.17, 15) is 0 Å². The molecule has 0 amide bonds. The summed E-state index contributed by atoms with van der Waals surface area (Å²) < 4.78 is 1.83. The normalized spacial score (nSPS) is 11.7. The van der Waals surface area contributed by atoms with Crippen LogP contribution in [0.3, 0.4) is 0 Å². The number of nitrogens with one attached hydrogen (secondary N) is 1. The zero-order chi connectivity index (χ0) is 15.6. The number of aryl methyl sites for hydroxylation is 1. The van der Waals surface area contributed by atoms with E-state index in [4.69, 9.17) is 9.97 Å². The first kappa shape index (κ1) is 15.5. The van der Waals surface area contributed by atoms with Crippen LogP contribution in [0.4, 0.5) is 5.82 Å². The van der Waals surface area contributed by atoms with Gasteiger partial charge in [0.25, 0.3) is 0 Å². The third kappa shape index (κ3) is 3.40. The highest BCUT2D eigenvalue weighted by molar-refractivity contribution is 5.52. The van der Waals surface area contributed by atoms with Crippen molar-refractivity contribution in [3.05, 3.63) is 29.3 Å². The molecule has 0 bridgehead atoms. The minimum atomic E-state index is -0.104. The molecule has 2 rings (SSSR count). The van der Waals surface area contributed by atoms with Crippen molar-refractivity contribution >= 4 is 5.82 Å². The fourth-order valence-corrected chi connectivity index (χ4v) is 2.01. The van der Waals surface area contributed by atoms with Gasteiger partial charge in [0.15, 0.2) is 5.82 Å². The minimum Gasteiger partial charge on any atom is -0.370 e. The molecule has 0 unspecified atom stereocenters. The Balaban J connectivity index is 2.57. The van der Waals surface area contributed by atoms with Crippen molar-refractivity contribution in [2.45, 2.75) is 53.4 Å². The highest BCUT2D eigenvalue weighted by atomic mass is 15.3. The van der Waals surface area contributed by atoms with Crippen molar-refractivity contribution in [3.8, 4) is 5.82 Å². The molecule has 1 N–H and O–H groups in total. The topological polar surface area (TPSA) is 55.6 Å². The fourth-order valence-electron chi connectivity index (χ4n) is 2.01. The maximum absolute atomic E-state index is 4.75. The van der Waals surface area contributed by atoms with Gasteiger partial charge in [-0.15, -0.1) is 0 Å². The van der Waals surface area contributed by atoms with Crippen molar-refractivity contribution in [3.63, 3.8) is 0 Å². The quantitative estimate of drug-likeness (QED) is 0.936. The van der Waals surface area contributed by atoms with E-state index >= 15 is 0 Å². The van der Waals surface area contributed by atoms with E-state index in [1.54, 1.807) is 0 Å². The van der Waals surface area contributed by atoms with Gasteiger partial charge in [0.1, 0.15) is 11.6 Å². The summed E-state index contributed by atoms with van der Waals surface area (Å²) >= 11 is 0. The number of anilines is 1. The lowest BCUT2D eigenvalue weighted by molar-refractivity contribution is 0.542. The van der Waals surface area contributed by atoms with Crippen molar-refractivity contribution in [1.29, 1.82) is 0 Å². The van der Waals surface area contributed by atoms with Gasteiger partial charge in [-0.3, -0.25) is 0 Å². The van der Waals surface area contributed by atoms with Crippen molar-refractivity contribution in [1.82, 2.24) is 19.7 Å². The maximum atomic E-state index is 4.75. The lowest BCUT2D eigenvalue weighted by Crippen LogP contribution is -2.20. The van der Waals surface area contributed by atoms with Gasteiger partial charge in [-0.25, -0.2) is 14.6 Å². The molecule has 2 aromatic heterocycles. The van der Waals surface area contributed by atoms with E-state index in [1.807, 2.05) is 30.9 Å². The Labute approximate surface area is 126 Å². The second kappa shape index (κ2) is 5.84. The monoisotopic (exact) mass is 287 g/mol. The Kier molecular flexibility index (Phi) is 4.30. The number of aromatic nitrogens is 4. The highest BCUT2D eigenvalue weighted by Gasteiger charge is 2.22. The summed E-state index contributed by atoms with van der Waals surface area (Å²) in [7, 11) is 0. The van der Waals surface area contributed by atoms with Crippen LogP contribution >= 0.6 is 0 Å². The van der Waals surface area contributed by atoms with Crippen LogP contribution in [0, 0.1) is 13.8 Å². The third-order valence-corrected chi connectivity index (χ3v) is 3.26. The van der Waals surface area contributed by atoms with E-state index < -0.39 is 0 Å². The second-order valence-corrected chi connectivity index (χ2v) is 6.48. The van der Waals surface area contributed by atoms with E-state index in [1.165, 1.54) is 0 Å². The van der Waals surface area contributed by atoms with Crippen LogP contribution in [0.15, 0.2) is 12.4 Å². The molecular weight excluding hydrogens is 262 g/mol. The molecule has 0 aliphatic carbocycles. The molecular formula is C16H25N5. The smallest absolute Gasteiger partial charge is 0.162 e. The molecule has 5 nitrogen and oxygen atoms in total. The van der Waals surface area contributed by atoms with Gasteiger partial charge in [0.05, 0.1) is 6.20 Å². The molecule has 2 aromatic rings. The average molecular weight is 287 g/mol. The van der Waals surface area contributed by atoms with E-state index in [2.05, 4.69) is 38.1 Å². The van der Waals surface area contributed by atoms with Gasteiger partial charge in [-0.2, -0.15) is 5.10 Å². The van der Waals surface area contributed by atoms with Crippen LogP contribution in [0.5, 0.6) is 0 Å². The van der Waals surface area contributed by atoms with Gasteiger partial charge in [0, 0.05) is 23.7 Å². The molecule has 0 aromatic carbocycles. The molecule has 0 spiro atoms. The molecule has 5 heteroatoms. The molecule has 0 saturated heterocycles. The molecule has 0 aliphatic heterocycles. The average Bonchev–Trinajstić information content (AvgIpc) is 2.82. The van der Waals surface area contributed by atoms with E-state index in [-0.39, 0.29) is 5.41 Å². The highest BCUT2D eigenvalue weighted by Crippen LogP contribution is 2.25. The molecule has 0 fully saturated rings. The van der Waals surface area contributed by atoms with E-state index in [0.717, 1.165) is 41.6 Å². The first-order valence-corrected chi connectivity index (χ1v) is 7.47. The lowest BCUT2D eigenvalue weighted by Gasteiger charge is -2.20. The van der Waals surface area contributed by atoms with E-state index in [0.29, 0.717) is 0 Å². The second-order valence-electron chi connectivity index (χ2n) is 6.48. The van der Waals surface area contributed by atoms with Crippen LogP contribution in [-0.4, -0.2) is 26.3 Å². The number of nitrogens with zero attached hydrogens (tertiary/aromatic N) is 4. The van der Waals surface area contributed by atoms with Gasteiger partial charge >= 0.3 is 0 Å². The predicted octanol–water partition coefficient (Wildman–Crippen LogP) is 3.40. The Morgan fingerprint density at radius 2 is 1.90 bits per heavy atom. The Hall–Kier alpha value is -1.91. The maximum Gasteiger partial charge on any atom is 0.162 e. The summed E-state index contributed by atoms with van der Waals surface area (Å²) in [5, 5.41) is 7.79. The number of hydrogen-bond acceptors (Lipinski definition) is 4. The molecule has 0 radical (unpaired) electrons. The zero-order valence-electron chi connectivity index (χ0n) is 13.9. The van der Waals surface area contributed by atoms with Crippen molar-refractivity contribution in [2.75, 3.05) is 11.9 Å². The lowest BCUT2D eigenvalue weighted by atomic mass is 9.95. The van der Waals surface area contributed by atoms with Gasteiger partial charge in [0.2, 0.25) is 0 Å². The molecule has 0 atom stereocenters. The molecule has 2 heterocycles. The summed E-state index contributed by atoms with van der Waals surface area (Å²) in [6.45, 7) is 13.5. The van der Waals surface area contributed by atoms with Crippen molar-refractivity contribution < 1.29 is 0 Å². The van der Waals surface area contributed by atoms with Crippen molar-refractivity contribution in [2.24, 2.45) is 0 Å². The van der Waals surface area contributed by atoms with Crippen LogP contribution in [0.25, 0.3) is 5.82 Å². The summed E-state index contributed by atoms with van der Waals surface area (Å²) in [5.74, 6) is 2.58. The fraction of sp³-hybridized carbons (Fsp3) is 0.562. The SMILES string of the molecule is CCCNc1nc(C(C)(C)C)nc(-n2cc(C)cn2)c1C.